The summed E-state index contributed by atoms with van der Waals surface area (Å²) in [5.41, 5.74) is 0. The summed E-state index contributed by atoms with van der Waals surface area (Å²) in [6, 6.07) is 3.58. The molecule has 1 saturated heterocycles. The summed E-state index contributed by atoms with van der Waals surface area (Å²) in [5.74, 6) is 0.531. The third-order valence-electron chi connectivity index (χ3n) is 2.76. The van der Waals surface area contributed by atoms with E-state index in [4.69, 9.17) is 4.74 Å². The van der Waals surface area contributed by atoms with Crippen molar-refractivity contribution in [2.45, 2.75) is 18.9 Å². The maximum Gasteiger partial charge on any atom is 0.245 e. The average molecular weight is 233 g/mol. The van der Waals surface area contributed by atoms with Crippen LogP contribution in [0.15, 0.2) is 31.0 Å². The van der Waals surface area contributed by atoms with E-state index in [2.05, 4.69) is 16.8 Å². The number of carbonyl (C=O) groups excluding carboxylic acids is 1. The van der Waals surface area contributed by atoms with E-state index < -0.39 is 0 Å². The normalized spacial score (nSPS) is 16.6. The number of hydrogen-bond acceptors (Lipinski definition) is 4. The van der Waals surface area contributed by atoms with Gasteiger partial charge in [0, 0.05) is 38.2 Å². The van der Waals surface area contributed by atoms with Crippen molar-refractivity contribution in [3.05, 3.63) is 31.0 Å². The van der Waals surface area contributed by atoms with Crippen LogP contribution in [0.1, 0.15) is 12.8 Å². The predicted molar refractivity (Wildman–Crippen MR) is 62.5 cm³/mol. The summed E-state index contributed by atoms with van der Waals surface area (Å²) in [4.78, 5) is 13.2. The fourth-order valence-corrected chi connectivity index (χ4v) is 1.84. The lowest BCUT2D eigenvalue weighted by Crippen LogP contribution is -2.41. The molecule has 0 saturated carbocycles. The van der Waals surface area contributed by atoms with Gasteiger partial charge in [-0.05, 0) is 12.1 Å². The summed E-state index contributed by atoms with van der Waals surface area (Å²) in [6.07, 6.45) is 4.70. The maximum absolute atomic E-state index is 11.4. The molecule has 0 aliphatic carbocycles. The van der Waals surface area contributed by atoms with Gasteiger partial charge < -0.3 is 9.64 Å². The lowest BCUT2D eigenvalue weighted by molar-refractivity contribution is -0.127. The van der Waals surface area contributed by atoms with Crippen molar-refractivity contribution < 1.29 is 9.53 Å². The van der Waals surface area contributed by atoms with Crippen LogP contribution in [-0.2, 0) is 4.79 Å². The van der Waals surface area contributed by atoms with E-state index in [-0.39, 0.29) is 12.0 Å². The highest BCUT2D eigenvalue weighted by Gasteiger charge is 2.22. The number of ether oxygens (including phenoxy) is 1. The smallest absolute Gasteiger partial charge is 0.245 e. The lowest BCUT2D eigenvalue weighted by Gasteiger charge is -2.31. The molecular weight excluding hydrogens is 218 g/mol. The van der Waals surface area contributed by atoms with E-state index in [0.29, 0.717) is 19.0 Å². The van der Waals surface area contributed by atoms with Gasteiger partial charge in [-0.3, -0.25) is 4.79 Å². The quantitative estimate of drug-likeness (QED) is 0.732. The van der Waals surface area contributed by atoms with Crippen molar-refractivity contribution >= 4 is 5.91 Å². The molecule has 0 aromatic carbocycles. The Morgan fingerprint density at radius 3 is 2.88 bits per heavy atom. The molecule has 90 valence electrons. The van der Waals surface area contributed by atoms with Crippen LogP contribution in [-0.4, -0.2) is 40.2 Å². The Balaban J connectivity index is 1.83. The predicted octanol–water partition coefficient (Wildman–Crippen LogP) is 1.03. The van der Waals surface area contributed by atoms with Crippen molar-refractivity contribution in [2.75, 3.05) is 13.1 Å². The van der Waals surface area contributed by atoms with Crippen LogP contribution in [0.2, 0.25) is 0 Å². The highest BCUT2D eigenvalue weighted by atomic mass is 16.5. The first-order valence-electron chi connectivity index (χ1n) is 5.65. The zero-order valence-electron chi connectivity index (χ0n) is 9.58. The number of carbonyl (C=O) groups is 1. The fraction of sp³-hybridized carbons (Fsp3) is 0.417. The molecule has 0 unspecified atom stereocenters. The molecule has 1 aliphatic heterocycles. The molecule has 2 heterocycles. The molecule has 1 aromatic rings. The van der Waals surface area contributed by atoms with Crippen molar-refractivity contribution in [1.29, 1.82) is 0 Å². The van der Waals surface area contributed by atoms with Gasteiger partial charge in [0.1, 0.15) is 6.10 Å². The molecule has 0 spiro atoms. The van der Waals surface area contributed by atoms with Crippen molar-refractivity contribution in [3.8, 4) is 5.88 Å². The van der Waals surface area contributed by atoms with E-state index in [0.717, 1.165) is 12.8 Å². The highest BCUT2D eigenvalue weighted by molar-refractivity contribution is 5.87. The van der Waals surface area contributed by atoms with Crippen LogP contribution in [0.5, 0.6) is 5.88 Å². The topological polar surface area (TPSA) is 55.3 Å². The first-order valence-corrected chi connectivity index (χ1v) is 5.65. The van der Waals surface area contributed by atoms with Gasteiger partial charge in [0.15, 0.2) is 0 Å². The molecule has 17 heavy (non-hydrogen) atoms. The molecule has 0 atom stereocenters. The minimum Gasteiger partial charge on any atom is -0.473 e. The van der Waals surface area contributed by atoms with Gasteiger partial charge in [0.05, 0.1) is 0 Å². The van der Waals surface area contributed by atoms with E-state index in [1.54, 1.807) is 23.2 Å². The third-order valence-corrected chi connectivity index (χ3v) is 2.76. The number of amides is 1. The van der Waals surface area contributed by atoms with Gasteiger partial charge >= 0.3 is 0 Å². The number of hydrogen-bond donors (Lipinski definition) is 0. The molecule has 1 aromatic heterocycles. The van der Waals surface area contributed by atoms with Crippen LogP contribution in [0.4, 0.5) is 0 Å². The molecule has 5 heteroatoms. The second-order valence-corrected chi connectivity index (χ2v) is 3.91. The summed E-state index contributed by atoms with van der Waals surface area (Å²) in [6.45, 7) is 4.89. The Bertz CT molecular complexity index is 386. The number of likely N-dealkylation sites (tertiary alicyclic amines) is 1. The van der Waals surface area contributed by atoms with Crippen LogP contribution < -0.4 is 4.74 Å². The summed E-state index contributed by atoms with van der Waals surface area (Å²) < 4.78 is 5.68. The summed E-state index contributed by atoms with van der Waals surface area (Å²) in [7, 11) is 0. The standard InChI is InChI=1S/C12H15N3O2/c1-2-12(16)15-8-5-10(6-9-15)17-11-4-3-7-13-14-11/h2-4,7,10H,1,5-6,8-9H2. The maximum atomic E-state index is 11.4. The first kappa shape index (κ1) is 11.6. The van der Waals surface area contributed by atoms with Gasteiger partial charge in [0.2, 0.25) is 11.8 Å². The Morgan fingerprint density at radius 2 is 2.29 bits per heavy atom. The van der Waals surface area contributed by atoms with Crippen LogP contribution in [0.3, 0.4) is 0 Å². The van der Waals surface area contributed by atoms with E-state index in [1.165, 1.54) is 6.08 Å². The Labute approximate surface area is 100 Å². The van der Waals surface area contributed by atoms with E-state index >= 15 is 0 Å². The number of nitrogens with zero attached hydrogens (tertiary/aromatic N) is 3. The van der Waals surface area contributed by atoms with Gasteiger partial charge in [0.25, 0.3) is 0 Å². The molecule has 1 amide bonds. The zero-order chi connectivity index (χ0) is 12.1. The van der Waals surface area contributed by atoms with Crippen molar-refractivity contribution in [1.82, 2.24) is 15.1 Å². The second kappa shape index (κ2) is 5.43. The van der Waals surface area contributed by atoms with Crippen LogP contribution >= 0.6 is 0 Å². The molecule has 0 N–H and O–H groups in total. The van der Waals surface area contributed by atoms with Gasteiger partial charge in [-0.15, -0.1) is 5.10 Å². The highest BCUT2D eigenvalue weighted by Crippen LogP contribution is 2.16. The average Bonchev–Trinajstić information content (AvgIpc) is 2.40. The van der Waals surface area contributed by atoms with Crippen molar-refractivity contribution in [3.63, 3.8) is 0 Å². The molecule has 1 fully saturated rings. The SMILES string of the molecule is C=CC(=O)N1CCC(Oc2cccnn2)CC1. The minimum absolute atomic E-state index is 0.0112. The fourth-order valence-electron chi connectivity index (χ4n) is 1.84. The molecular formula is C12H15N3O2. The van der Waals surface area contributed by atoms with Gasteiger partial charge in [-0.25, -0.2) is 0 Å². The largest absolute Gasteiger partial charge is 0.473 e. The van der Waals surface area contributed by atoms with Gasteiger partial charge in [-0.1, -0.05) is 6.58 Å². The minimum atomic E-state index is -0.0112. The summed E-state index contributed by atoms with van der Waals surface area (Å²) in [5, 5.41) is 7.63. The zero-order valence-corrected chi connectivity index (χ0v) is 9.58. The third kappa shape index (κ3) is 3.03. The molecule has 0 bridgehead atoms. The Morgan fingerprint density at radius 1 is 1.53 bits per heavy atom. The Hall–Kier alpha value is -1.91. The van der Waals surface area contributed by atoms with Crippen molar-refractivity contribution in [2.24, 2.45) is 0 Å². The first-order chi connectivity index (χ1) is 8.29. The molecule has 2 rings (SSSR count). The van der Waals surface area contributed by atoms with Crippen LogP contribution in [0, 0.1) is 0 Å². The molecule has 1 aliphatic rings. The Kier molecular flexibility index (Phi) is 3.69. The van der Waals surface area contributed by atoms with E-state index in [9.17, 15) is 4.79 Å². The lowest BCUT2D eigenvalue weighted by atomic mass is 10.1. The van der Waals surface area contributed by atoms with E-state index in [1.807, 2.05) is 0 Å². The number of piperidine rings is 1. The molecule has 5 nitrogen and oxygen atoms in total. The monoisotopic (exact) mass is 233 g/mol. The van der Waals surface area contributed by atoms with Gasteiger partial charge in [-0.2, -0.15) is 5.10 Å². The van der Waals surface area contributed by atoms with Crippen LogP contribution in [0.25, 0.3) is 0 Å². The second-order valence-electron chi connectivity index (χ2n) is 3.91. The number of aromatic nitrogens is 2. The summed E-state index contributed by atoms with van der Waals surface area (Å²) >= 11 is 0. The number of rotatable bonds is 3. The molecule has 0 radical (unpaired) electrons.